The Kier molecular flexibility index (Phi) is 6.01. The van der Waals surface area contributed by atoms with Gasteiger partial charge in [-0.15, -0.1) is 0 Å². The molecule has 0 spiro atoms. The number of ether oxygens (including phenoxy) is 2. The second-order valence-corrected chi connectivity index (χ2v) is 6.27. The Morgan fingerprint density at radius 1 is 1.05 bits per heavy atom. The smallest absolute Gasteiger partial charge is 0.0883 e. The maximum Gasteiger partial charge on any atom is 0.0883 e. The van der Waals surface area contributed by atoms with Crippen LogP contribution in [0, 0.1) is 0 Å². The predicted molar refractivity (Wildman–Crippen MR) is 87.4 cm³/mol. The van der Waals surface area contributed by atoms with E-state index in [1.807, 2.05) is 6.07 Å². The van der Waals surface area contributed by atoms with Crippen LogP contribution in [-0.2, 0) is 15.1 Å². The van der Waals surface area contributed by atoms with E-state index in [0.29, 0.717) is 0 Å². The van der Waals surface area contributed by atoms with Crippen LogP contribution in [0.15, 0.2) is 42.5 Å². The normalized spacial score (nSPS) is 21.9. The third-order valence-corrected chi connectivity index (χ3v) is 4.00. The lowest BCUT2D eigenvalue weighted by Gasteiger charge is -2.29. The van der Waals surface area contributed by atoms with Crippen LogP contribution in [0.25, 0.3) is 0 Å². The van der Waals surface area contributed by atoms with Gasteiger partial charge in [0.1, 0.15) is 0 Å². The molecule has 1 aromatic rings. The average Bonchev–Trinajstić information content (AvgIpc) is 2.91. The Labute approximate surface area is 129 Å². The largest absolute Gasteiger partial charge is 0.374 e. The van der Waals surface area contributed by atoms with E-state index < -0.39 is 0 Å². The van der Waals surface area contributed by atoms with Crippen molar-refractivity contribution in [2.75, 3.05) is 6.61 Å². The molecule has 0 bridgehead atoms. The molecule has 116 valence electrons. The lowest BCUT2D eigenvalue weighted by Crippen LogP contribution is -2.27. The molecule has 0 fully saturated rings. The fraction of sp³-hybridized carbons (Fsp3) is 0.579. The van der Waals surface area contributed by atoms with Crippen LogP contribution in [0.2, 0.25) is 0 Å². The summed E-state index contributed by atoms with van der Waals surface area (Å²) in [5.74, 6) is 0. The fourth-order valence-corrected chi connectivity index (χ4v) is 2.72. The lowest BCUT2D eigenvalue weighted by molar-refractivity contribution is -0.0665. The lowest BCUT2D eigenvalue weighted by atomic mass is 9.98. The van der Waals surface area contributed by atoms with Crippen molar-refractivity contribution in [3.8, 4) is 0 Å². The molecule has 0 saturated carbocycles. The van der Waals surface area contributed by atoms with Gasteiger partial charge in [-0.1, -0.05) is 62.2 Å². The standard InChI is InChI=1S/C19H28O2/c1-4-5-9-14-20-17-12-13-18(15-17)21-19(2,3)16-10-7-6-8-11-16/h6-8,10-13,17-18H,4-5,9,14-15H2,1-3H3/t17-,18+/m0/s1. The van der Waals surface area contributed by atoms with E-state index in [-0.39, 0.29) is 17.8 Å². The maximum absolute atomic E-state index is 6.28. The SMILES string of the molecule is CCCCCO[C@H]1C=C[C@@H](OC(C)(C)c2ccccc2)C1. The summed E-state index contributed by atoms with van der Waals surface area (Å²) < 4.78 is 12.2. The Hall–Kier alpha value is -1.12. The molecule has 0 unspecified atom stereocenters. The van der Waals surface area contributed by atoms with Gasteiger partial charge in [0.05, 0.1) is 17.8 Å². The Bertz CT molecular complexity index is 436. The first-order valence-electron chi connectivity index (χ1n) is 8.15. The summed E-state index contributed by atoms with van der Waals surface area (Å²) in [5.41, 5.74) is 0.943. The molecule has 0 aromatic heterocycles. The van der Waals surface area contributed by atoms with Gasteiger partial charge in [0.2, 0.25) is 0 Å². The van der Waals surface area contributed by atoms with Gasteiger partial charge in [-0.05, 0) is 25.8 Å². The minimum atomic E-state index is -0.270. The molecule has 0 aliphatic heterocycles. The van der Waals surface area contributed by atoms with Crippen molar-refractivity contribution in [3.63, 3.8) is 0 Å². The van der Waals surface area contributed by atoms with E-state index in [4.69, 9.17) is 9.47 Å². The molecular weight excluding hydrogens is 260 g/mol. The summed E-state index contributed by atoms with van der Waals surface area (Å²) in [7, 11) is 0. The summed E-state index contributed by atoms with van der Waals surface area (Å²) >= 11 is 0. The first-order chi connectivity index (χ1) is 10.1. The first-order valence-corrected chi connectivity index (χ1v) is 8.15. The topological polar surface area (TPSA) is 18.5 Å². The number of unbranched alkanes of at least 4 members (excludes halogenated alkanes) is 2. The van der Waals surface area contributed by atoms with Gasteiger partial charge in [-0.3, -0.25) is 0 Å². The molecule has 21 heavy (non-hydrogen) atoms. The first kappa shape index (κ1) is 16.3. The van der Waals surface area contributed by atoms with E-state index in [1.54, 1.807) is 0 Å². The minimum absolute atomic E-state index is 0.149. The molecule has 2 nitrogen and oxygen atoms in total. The van der Waals surface area contributed by atoms with Crippen LogP contribution >= 0.6 is 0 Å². The molecule has 1 aliphatic rings. The number of benzene rings is 1. The van der Waals surface area contributed by atoms with Crippen molar-refractivity contribution in [1.82, 2.24) is 0 Å². The van der Waals surface area contributed by atoms with Gasteiger partial charge in [-0.2, -0.15) is 0 Å². The summed E-state index contributed by atoms with van der Waals surface area (Å²) in [4.78, 5) is 0. The second-order valence-electron chi connectivity index (χ2n) is 6.27. The molecule has 2 rings (SSSR count). The van der Waals surface area contributed by atoms with E-state index in [0.717, 1.165) is 19.4 Å². The fourth-order valence-electron chi connectivity index (χ4n) is 2.72. The highest BCUT2D eigenvalue weighted by Gasteiger charge is 2.28. The third-order valence-electron chi connectivity index (χ3n) is 4.00. The molecular formula is C19H28O2. The van der Waals surface area contributed by atoms with Crippen molar-refractivity contribution in [2.45, 2.75) is 64.3 Å². The highest BCUT2D eigenvalue weighted by Crippen LogP contribution is 2.30. The van der Waals surface area contributed by atoms with Gasteiger partial charge in [0.15, 0.2) is 0 Å². The van der Waals surface area contributed by atoms with Gasteiger partial charge in [-0.25, -0.2) is 0 Å². The van der Waals surface area contributed by atoms with Gasteiger partial charge < -0.3 is 9.47 Å². The van der Waals surface area contributed by atoms with E-state index in [2.05, 4.69) is 57.2 Å². The van der Waals surface area contributed by atoms with Gasteiger partial charge >= 0.3 is 0 Å². The van der Waals surface area contributed by atoms with Crippen molar-refractivity contribution in [1.29, 1.82) is 0 Å². The summed E-state index contributed by atoms with van der Waals surface area (Å²) in [6.45, 7) is 7.33. The van der Waals surface area contributed by atoms with E-state index >= 15 is 0 Å². The maximum atomic E-state index is 6.28. The highest BCUT2D eigenvalue weighted by atomic mass is 16.5. The van der Waals surface area contributed by atoms with E-state index in [1.165, 1.54) is 18.4 Å². The van der Waals surface area contributed by atoms with Crippen molar-refractivity contribution >= 4 is 0 Å². The summed E-state index contributed by atoms with van der Waals surface area (Å²) in [6, 6.07) is 10.4. The monoisotopic (exact) mass is 288 g/mol. The Morgan fingerprint density at radius 3 is 2.48 bits per heavy atom. The third kappa shape index (κ3) is 4.98. The Morgan fingerprint density at radius 2 is 1.76 bits per heavy atom. The molecule has 1 aliphatic carbocycles. The van der Waals surface area contributed by atoms with Gasteiger partial charge in [0.25, 0.3) is 0 Å². The Balaban J connectivity index is 1.79. The van der Waals surface area contributed by atoms with Crippen molar-refractivity contribution < 1.29 is 9.47 Å². The zero-order valence-corrected chi connectivity index (χ0v) is 13.5. The molecule has 0 saturated heterocycles. The van der Waals surface area contributed by atoms with Crippen molar-refractivity contribution in [3.05, 3.63) is 48.0 Å². The predicted octanol–water partition coefficient (Wildman–Crippen LogP) is 4.84. The second kappa shape index (κ2) is 7.77. The molecule has 0 amide bonds. The molecule has 0 radical (unpaired) electrons. The number of hydrogen-bond donors (Lipinski definition) is 0. The highest BCUT2D eigenvalue weighted by molar-refractivity contribution is 5.21. The molecule has 1 aromatic carbocycles. The minimum Gasteiger partial charge on any atom is -0.374 e. The number of hydrogen-bond acceptors (Lipinski definition) is 2. The van der Waals surface area contributed by atoms with Crippen LogP contribution in [0.3, 0.4) is 0 Å². The zero-order chi connectivity index (χ0) is 15.1. The molecule has 2 atom stereocenters. The van der Waals surface area contributed by atoms with Gasteiger partial charge in [0, 0.05) is 13.0 Å². The van der Waals surface area contributed by atoms with Crippen LogP contribution < -0.4 is 0 Å². The van der Waals surface area contributed by atoms with Crippen LogP contribution in [-0.4, -0.2) is 18.8 Å². The van der Waals surface area contributed by atoms with E-state index in [9.17, 15) is 0 Å². The quantitative estimate of drug-likeness (QED) is 0.503. The molecule has 2 heteroatoms. The average molecular weight is 288 g/mol. The number of rotatable bonds is 8. The van der Waals surface area contributed by atoms with Crippen LogP contribution in [0.5, 0.6) is 0 Å². The van der Waals surface area contributed by atoms with Crippen LogP contribution in [0.1, 0.15) is 52.0 Å². The van der Waals surface area contributed by atoms with Crippen LogP contribution in [0.4, 0.5) is 0 Å². The zero-order valence-electron chi connectivity index (χ0n) is 13.5. The van der Waals surface area contributed by atoms with Crippen molar-refractivity contribution in [2.24, 2.45) is 0 Å². The molecule has 0 heterocycles. The summed E-state index contributed by atoms with van der Waals surface area (Å²) in [6.07, 6.45) is 9.24. The summed E-state index contributed by atoms with van der Waals surface area (Å²) in [5, 5.41) is 0. The molecule has 0 N–H and O–H groups in total.